The quantitative estimate of drug-likeness (QED) is 0.513. The van der Waals surface area contributed by atoms with Gasteiger partial charge in [-0.15, -0.1) is 0 Å². The van der Waals surface area contributed by atoms with E-state index in [4.69, 9.17) is 21.1 Å². The van der Waals surface area contributed by atoms with Crippen molar-refractivity contribution < 1.29 is 19.2 Å². The number of halogens is 1. The predicted octanol–water partition coefficient (Wildman–Crippen LogP) is 5.07. The highest BCUT2D eigenvalue weighted by Gasteiger charge is 2.21. The molecule has 3 rings (SSSR count). The maximum absolute atomic E-state index is 12.8. The van der Waals surface area contributed by atoms with E-state index >= 15 is 0 Å². The molecule has 0 N–H and O–H groups in total. The molecule has 148 valence electrons. The molecule has 0 atom stereocenters. The minimum Gasteiger partial charge on any atom is -0.493 e. The monoisotopic (exact) mass is 404 g/mol. The Labute approximate surface area is 168 Å². The van der Waals surface area contributed by atoms with Gasteiger partial charge in [-0.3, -0.25) is 14.9 Å². The Bertz CT molecular complexity index is 879. The molecule has 1 fully saturated rings. The van der Waals surface area contributed by atoms with Crippen LogP contribution in [-0.4, -0.2) is 35.9 Å². The number of nitro benzene ring substituents is 1. The molecule has 2 aromatic rings. The third kappa shape index (κ3) is 4.54. The van der Waals surface area contributed by atoms with Crippen LogP contribution in [0.25, 0.3) is 0 Å². The summed E-state index contributed by atoms with van der Waals surface area (Å²) < 4.78 is 11.1. The number of likely N-dealkylation sites (tertiary alicyclic amines) is 1. The van der Waals surface area contributed by atoms with Crippen molar-refractivity contribution in [2.45, 2.75) is 25.7 Å². The van der Waals surface area contributed by atoms with E-state index in [0.29, 0.717) is 11.3 Å². The Balaban J connectivity index is 1.86. The number of hydrogen-bond acceptors (Lipinski definition) is 5. The smallest absolute Gasteiger partial charge is 0.313 e. The largest absolute Gasteiger partial charge is 0.493 e. The molecule has 0 aromatic heterocycles. The van der Waals surface area contributed by atoms with Crippen LogP contribution in [0.5, 0.6) is 17.2 Å². The van der Waals surface area contributed by atoms with Crippen LogP contribution in [0, 0.1) is 10.1 Å². The van der Waals surface area contributed by atoms with E-state index < -0.39 is 4.92 Å². The van der Waals surface area contributed by atoms with Crippen molar-refractivity contribution in [2.24, 2.45) is 0 Å². The SMILES string of the molecule is COc1cc(C(=O)N2CCCCCC2)ccc1Oc1ccc(Cl)cc1[N+](=O)[O-]. The summed E-state index contributed by atoms with van der Waals surface area (Å²) in [4.78, 5) is 25.3. The maximum Gasteiger partial charge on any atom is 0.313 e. The number of methoxy groups -OCH3 is 1. The van der Waals surface area contributed by atoms with Crippen LogP contribution in [0.4, 0.5) is 5.69 Å². The van der Waals surface area contributed by atoms with Gasteiger partial charge in [0.05, 0.1) is 12.0 Å². The van der Waals surface area contributed by atoms with Crippen LogP contribution in [0.15, 0.2) is 36.4 Å². The van der Waals surface area contributed by atoms with E-state index in [-0.39, 0.29) is 28.1 Å². The molecule has 0 spiro atoms. The van der Waals surface area contributed by atoms with Crippen molar-refractivity contribution in [1.82, 2.24) is 4.90 Å². The first-order valence-corrected chi connectivity index (χ1v) is 9.46. The summed E-state index contributed by atoms with van der Waals surface area (Å²) in [6.07, 6.45) is 4.29. The van der Waals surface area contributed by atoms with E-state index in [9.17, 15) is 14.9 Å². The minimum absolute atomic E-state index is 0.0410. The third-order valence-electron chi connectivity index (χ3n) is 4.64. The van der Waals surface area contributed by atoms with Crippen LogP contribution in [0.3, 0.4) is 0 Å². The molecule has 0 radical (unpaired) electrons. The lowest BCUT2D eigenvalue weighted by Crippen LogP contribution is -2.31. The summed E-state index contributed by atoms with van der Waals surface area (Å²) >= 11 is 5.84. The fraction of sp³-hybridized carbons (Fsp3) is 0.350. The highest BCUT2D eigenvalue weighted by atomic mass is 35.5. The second-order valence-electron chi connectivity index (χ2n) is 6.54. The Kier molecular flexibility index (Phi) is 6.36. The van der Waals surface area contributed by atoms with Gasteiger partial charge >= 0.3 is 5.69 Å². The molecule has 1 heterocycles. The summed E-state index contributed by atoms with van der Waals surface area (Å²) in [7, 11) is 1.46. The molecule has 0 saturated carbocycles. The van der Waals surface area contributed by atoms with Gasteiger partial charge in [0, 0.05) is 29.7 Å². The van der Waals surface area contributed by atoms with Crippen molar-refractivity contribution in [3.05, 3.63) is 57.1 Å². The zero-order chi connectivity index (χ0) is 20.1. The zero-order valence-corrected chi connectivity index (χ0v) is 16.3. The standard InChI is InChI=1S/C20H21ClN2O5/c1-27-19-12-14(20(24)22-10-4-2-3-5-11-22)6-8-18(19)28-17-9-7-15(21)13-16(17)23(25)26/h6-9,12-13H,2-5,10-11H2,1H3. The number of benzene rings is 2. The van der Waals surface area contributed by atoms with Gasteiger partial charge < -0.3 is 14.4 Å². The molecule has 2 aromatic carbocycles. The summed E-state index contributed by atoms with van der Waals surface area (Å²) in [5, 5.41) is 11.5. The van der Waals surface area contributed by atoms with Gasteiger partial charge in [-0.05, 0) is 43.2 Å². The number of ether oxygens (including phenoxy) is 2. The predicted molar refractivity (Wildman–Crippen MR) is 106 cm³/mol. The molecule has 1 aliphatic rings. The van der Waals surface area contributed by atoms with Crippen molar-refractivity contribution in [3.63, 3.8) is 0 Å². The second-order valence-corrected chi connectivity index (χ2v) is 6.98. The summed E-state index contributed by atoms with van der Waals surface area (Å²) in [6, 6.07) is 8.99. The molecular formula is C20H21ClN2O5. The zero-order valence-electron chi connectivity index (χ0n) is 15.5. The van der Waals surface area contributed by atoms with Gasteiger partial charge in [0.2, 0.25) is 5.75 Å². The number of nitro groups is 1. The lowest BCUT2D eigenvalue weighted by atomic mass is 10.1. The molecule has 0 aliphatic carbocycles. The molecule has 8 heteroatoms. The van der Waals surface area contributed by atoms with Gasteiger partial charge in [0.25, 0.3) is 5.91 Å². The van der Waals surface area contributed by atoms with Crippen LogP contribution in [0.2, 0.25) is 5.02 Å². The summed E-state index contributed by atoms with van der Waals surface area (Å²) in [5.74, 6) is 0.591. The summed E-state index contributed by atoms with van der Waals surface area (Å²) in [5.41, 5.74) is 0.246. The third-order valence-corrected chi connectivity index (χ3v) is 4.88. The van der Waals surface area contributed by atoms with E-state index in [1.165, 1.54) is 25.3 Å². The molecule has 1 saturated heterocycles. The Morgan fingerprint density at radius 2 is 1.71 bits per heavy atom. The normalized spacial score (nSPS) is 14.3. The molecule has 0 unspecified atom stereocenters. The van der Waals surface area contributed by atoms with Crippen LogP contribution in [0.1, 0.15) is 36.0 Å². The fourth-order valence-electron chi connectivity index (χ4n) is 3.18. The number of carbonyl (C=O) groups is 1. The maximum atomic E-state index is 12.8. The van der Waals surface area contributed by atoms with E-state index in [2.05, 4.69) is 0 Å². The Morgan fingerprint density at radius 3 is 2.36 bits per heavy atom. The first kappa shape index (κ1) is 19.9. The van der Waals surface area contributed by atoms with Crippen LogP contribution < -0.4 is 9.47 Å². The number of rotatable bonds is 5. The van der Waals surface area contributed by atoms with Crippen molar-refractivity contribution >= 4 is 23.2 Å². The molecule has 0 bridgehead atoms. The molecule has 7 nitrogen and oxygen atoms in total. The number of nitrogens with zero attached hydrogens (tertiary/aromatic N) is 2. The van der Waals surface area contributed by atoms with Gasteiger partial charge in [-0.1, -0.05) is 24.4 Å². The lowest BCUT2D eigenvalue weighted by molar-refractivity contribution is -0.385. The van der Waals surface area contributed by atoms with E-state index in [1.54, 1.807) is 18.2 Å². The average Bonchev–Trinajstić information content (AvgIpc) is 2.98. The number of amides is 1. The molecule has 1 aliphatic heterocycles. The second kappa shape index (κ2) is 8.93. The van der Waals surface area contributed by atoms with Gasteiger partial charge in [0.1, 0.15) is 0 Å². The van der Waals surface area contributed by atoms with Gasteiger partial charge in [-0.2, -0.15) is 0 Å². The van der Waals surface area contributed by atoms with Crippen LogP contribution in [-0.2, 0) is 0 Å². The Hall–Kier alpha value is -2.80. The minimum atomic E-state index is -0.565. The topological polar surface area (TPSA) is 81.9 Å². The highest BCUT2D eigenvalue weighted by Crippen LogP contribution is 2.38. The van der Waals surface area contributed by atoms with Gasteiger partial charge in [0.15, 0.2) is 11.5 Å². The highest BCUT2D eigenvalue weighted by molar-refractivity contribution is 6.30. The average molecular weight is 405 g/mol. The number of hydrogen-bond donors (Lipinski definition) is 0. The van der Waals surface area contributed by atoms with Crippen LogP contribution >= 0.6 is 11.6 Å². The number of carbonyl (C=O) groups excluding carboxylic acids is 1. The first-order valence-electron chi connectivity index (χ1n) is 9.08. The van der Waals surface area contributed by atoms with E-state index in [1.807, 2.05) is 4.90 Å². The van der Waals surface area contributed by atoms with Crippen molar-refractivity contribution in [2.75, 3.05) is 20.2 Å². The molecule has 1 amide bonds. The fourth-order valence-corrected chi connectivity index (χ4v) is 3.35. The van der Waals surface area contributed by atoms with Crippen molar-refractivity contribution in [3.8, 4) is 17.2 Å². The van der Waals surface area contributed by atoms with Crippen molar-refractivity contribution in [1.29, 1.82) is 0 Å². The van der Waals surface area contributed by atoms with E-state index in [0.717, 1.165) is 38.8 Å². The molecule has 28 heavy (non-hydrogen) atoms. The Morgan fingerprint density at radius 1 is 1.04 bits per heavy atom. The lowest BCUT2D eigenvalue weighted by Gasteiger charge is -2.21. The van der Waals surface area contributed by atoms with Gasteiger partial charge in [-0.25, -0.2) is 0 Å². The summed E-state index contributed by atoms with van der Waals surface area (Å²) in [6.45, 7) is 1.49. The molecular weight excluding hydrogens is 384 g/mol. The first-order chi connectivity index (χ1) is 13.5.